The Bertz CT molecular complexity index is 408. The lowest BCUT2D eigenvalue weighted by molar-refractivity contribution is -0.139. The predicted molar refractivity (Wildman–Crippen MR) is 89.4 cm³/mol. The highest BCUT2D eigenvalue weighted by molar-refractivity contribution is 6.15. The van der Waals surface area contributed by atoms with E-state index in [1.165, 1.54) is 0 Å². The third kappa shape index (κ3) is 5.97. The van der Waals surface area contributed by atoms with Crippen molar-refractivity contribution in [1.82, 2.24) is 9.74 Å². The van der Waals surface area contributed by atoms with Gasteiger partial charge in [-0.2, -0.15) is 0 Å². The molecule has 0 spiro atoms. The van der Waals surface area contributed by atoms with E-state index in [2.05, 4.69) is 4.84 Å². The summed E-state index contributed by atoms with van der Waals surface area (Å²) in [6, 6.07) is -0.674. The summed E-state index contributed by atoms with van der Waals surface area (Å²) in [5, 5.41) is 0. The Kier molecular flexibility index (Phi) is 9.37. The molecule has 2 atom stereocenters. The lowest BCUT2D eigenvalue weighted by Crippen LogP contribution is -2.49. The third-order valence-corrected chi connectivity index (χ3v) is 3.78. The molecule has 0 aliphatic rings. The van der Waals surface area contributed by atoms with Crippen molar-refractivity contribution in [2.45, 2.75) is 53.6 Å². The first-order valence-electron chi connectivity index (χ1n) is 7.65. The maximum atomic E-state index is 12.6. The standard InChI is InChI=1S/C16H29ClN2O3/c1-8-22-16(21)12(6)9-13(10(2)3)19(7)15(20)14(18-17)11(4)5/h9-11,13-14,18H,8H2,1-7H3/b12-9+/t13-,14?/m1/s1. The van der Waals surface area contributed by atoms with Crippen LogP contribution in [0.5, 0.6) is 0 Å². The largest absolute Gasteiger partial charge is 0.463 e. The quantitative estimate of drug-likeness (QED) is 0.422. The number of carbonyl (C=O) groups excluding carboxylic acids is 2. The highest BCUT2D eigenvalue weighted by atomic mass is 35.5. The fourth-order valence-corrected chi connectivity index (χ4v) is 2.49. The second-order valence-electron chi connectivity index (χ2n) is 6.08. The normalized spacial score (nSPS) is 14.9. The molecule has 1 N–H and O–H groups in total. The van der Waals surface area contributed by atoms with Crippen LogP contribution in [0.3, 0.4) is 0 Å². The van der Waals surface area contributed by atoms with Crippen LogP contribution in [0.2, 0.25) is 0 Å². The molecular weight excluding hydrogens is 304 g/mol. The summed E-state index contributed by atoms with van der Waals surface area (Å²) >= 11 is 5.70. The van der Waals surface area contributed by atoms with Crippen molar-refractivity contribution in [1.29, 1.82) is 0 Å². The Morgan fingerprint density at radius 1 is 1.23 bits per heavy atom. The average Bonchev–Trinajstić information content (AvgIpc) is 2.43. The minimum Gasteiger partial charge on any atom is -0.463 e. The van der Waals surface area contributed by atoms with Gasteiger partial charge in [-0.05, 0) is 37.5 Å². The number of hydrogen-bond acceptors (Lipinski definition) is 4. The molecule has 0 aromatic carbocycles. The number of ether oxygens (including phenoxy) is 1. The monoisotopic (exact) mass is 332 g/mol. The van der Waals surface area contributed by atoms with Crippen molar-refractivity contribution in [3.63, 3.8) is 0 Å². The number of amides is 1. The number of hydrogen-bond donors (Lipinski definition) is 1. The van der Waals surface area contributed by atoms with Gasteiger partial charge in [0.15, 0.2) is 0 Å². The molecule has 128 valence electrons. The Labute approximate surface area is 139 Å². The van der Waals surface area contributed by atoms with Gasteiger partial charge in [0.2, 0.25) is 5.91 Å². The molecule has 0 aromatic heterocycles. The van der Waals surface area contributed by atoms with E-state index in [9.17, 15) is 9.59 Å². The SMILES string of the molecule is CCOC(=O)/C(C)=C/[C@H](C(C)C)N(C)C(=O)C(NCl)C(C)C. The molecule has 0 radical (unpaired) electrons. The zero-order chi connectivity index (χ0) is 17.4. The zero-order valence-electron chi connectivity index (χ0n) is 14.6. The topological polar surface area (TPSA) is 58.6 Å². The summed E-state index contributed by atoms with van der Waals surface area (Å²) in [4.78, 5) is 28.5. The van der Waals surface area contributed by atoms with Gasteiger partial charge in [-0.15, -0.1) is 0 Å². The summed E-state index contributed by atoms with van der Waals surface area (Å²) in [7, 11) is 1.73. The minimum atomic E-state index is -0.468. The van der Waals surface area contributed by atoms with Crippen LogP contribution in [-0.2, 0) is 14.3 Å². The molecule has 0 saturated heterocycles. The molecule has 0 fully saturated rings. The molecule has 0 saturated carbocycles. The van der Waals surface area contributed by atoms with Gasteiger partial charge in [0.25, 0.3) is 0 Å². The van der Waals surface area contributed by atoms with Gasteiger partial charge >= 0.3 is 5.97 Å². The van der Waals surface area contributed by atoms with E-state index in [0.29, 0.717) is 12.2 Å². The van der Waals surface area contributed by atoms with Crippen LogP contribution in [0.4, 0.5) is 0 Å². The lowest BCUT2D eigenvalue weighted by atomic mass is 9.97. The van der Waals surface area contributed by atoms with Gasteiger partial charge in [-0.1, -0.05) is 33.8 Å². The zero-order valence-corrected chi connectivity index (χ0v) is 15.4. The average molecular weight is 333 g/mol. The third-order valence-electron chi connectivity index (χ3n) is 3.55. The molecule has 0 rings (SSSR count). The first-order valence-corrected chi connectivity index (χ1v) is 8.03. The van der Waals surface area contributed by atoms with Crippen LogP contribution in [0.25, 0.3) is 0 Å². The van der Waals surface area contributed by atoms with Crippen LogP contribution < -0.4 is 4.84 Å². The summed E-state index contributed by atoms with van der Waals surface area (Å²) < 4.78 is 4.99. The molecule has 0 aliphatic carbocycles. The summed E-state index contributed by atoms with van der Waals surface area (Å²) in [5.41, 5.74) is 0.500. The van der Waals surface area contributed by atoms with Crippen molar-refractivity contribution in [2.75, 3.05) is 13.7 Å². The Balaban J connectivity index is 5.29. The maximum Gasteiger partial charge on any atom is 0.333 e. The molecule has 0 heterocycles. The van der Waals surface area contributed by atoms with Crippen molar-refractivity contribution in [2.24, 2.45) is 11.8 Å². The van der Waals surface area contributed by atoms with Crippen LogP contribution >= 0.6 is 11.8 Å². The number of nitrogens with one attached hydrogen (secondary N) is 1. The van der Waals surface area contributed by atoms with Crippen LogP contribution in [-0.4, -0.2) is 42.5 Å². The van der Waals surface area contributed by atoms with Gasteiger partial charge in [-0.3, -0.25) is 4.79 Å². The number of rotatable bonds is 8. The first kappa shape index (κ1) is 20.9. The Hall–Kier alpha value is -1.07. The minimum absolute atomic E-state index is 0.0652. The van der Waals surface area contributed by atoms with Gasteiger partial charge in [0.1, 0.15) is 6.04 Å². The molecule has 6 heteroatoms. The second-order valence-corrected chi connectivity index (χ2v) is 6.30. The van der Waals surface area contributed by atoms with E-state index < -0.39 is 6.04 Å². The molecule has 0 aromatic rings. The number of esters is 1. The fraction of sp³-hybridized carbons (Fsp3) is 0.750. The summed E-state index contributed by atoms with van der Waals surface area (Å²) in [5.74, 6) is -0.238. The molecule has 0 bridgehead atoms. The van der Waals surface area contributed by atoms with Crippen LogP contribution in [0.1, 0.15) is 41.5 Å². The highest BCUT2D eigenvalue weighted by Gasteiger charge is 2.29. The molecule has 1 amide bonds. The number of carbonyl (C=O) groups is 2. The number of nitrogens with zero attached hydrogens (tertiary/aromatic N) is 1. The Morgan fingerprint density at radius 2 is 1.77 bits per heavy atom. The second kappa shape index (κ2) is 9.85. The number of likely N-dealkylation sites (N-methyl/N-ethyl adjacent to an activating group) is 1. The summed E-state index contributed by atoms with van der Waals surface area (Å²) in [6.07, 6.45) is 1.78. The van der Waals surface area contributed by atoms with E-state index in [1.54, 1.807) is 31.9 Å². The molecule has 1 unspecified atom stereocenters. The van der Waals surface area contributed by atoms with Crippen LogP contribution in [0, 0.1) is 11.8 Å². The molecule has 0 aliphatic heterocycles. The maximum absolute atomic E-state index is 12.6. The van der Waals surface area contributed by atoms with E-state index in [4.69, 9.17) is 16.5 Å². The molecular formula is C16H29ClN2O3. The molecule has 5 nitrogen and oxygen atoms in total. The lowest BCUT2D eigenvalue weighted by Gasteiger charge is -2.33. The van der Waals surface area contributed by atoms with Crippen molar-refractivity contribution in [3.8, 4) is 0 Å². The van der Waals surface area contributed by atoms with Crippen LogP contribution in [0.15, 0.2) is 11.6 Å². The van der Waals surface area contributed by atoms with E-state index >= 15 is 0 Å². The van der Waals surface area contributed by atoms with Crippen molar-refractivity contribution < 1.29 is 14.3 Å². The molecule has 22 heavy (non-hydrogen) atoms. The van der Waals surface area contributed by atoms with E-state index in [0.717, 1.165) is 0 Å². The first-order chi connectivity index (χ1) is 10.2. The number of halogens is 1. The summed E-state index contributed by atoms with van der Waals surface area (Å²) in [6.45, 7) is 11.7. The van der Waals surface area contributed by atoms with Gasteiger partial charge < -0.3 is 9.64 Å². The van der Waals surface area contributed by atoms with Gasteiger partial charge in [-0.25, -0.2) is 9.63 Å². The Morgan fingerprint density at radius 3 is 2.14 bits per heavy atom. The predicted octanol–water partition coefficient (Wildman–Crippen LogP) is 2.75. The fourth-order valence-electron chi connectivity index (χ4n) is 2.14. The van der Waals surface area contributed by atoms with Crippen molar-refractivity contribution >= 4 is 23.7 Å². The van der Waals surface area contributed by atoms with Crippen molar-refractivity contribution in [3.05, 3.63) is 11.6 Å². The smallest absolute Gasteiger partial charge is 0.333 e. The van der Waals surface area contributed by atoms with Gasteiger partial charge in [0, 0.05) is 12.6 Å². The highest BCUT2D eigenvalue weighted by Crippen LogP contribution is 2.17. The van der Waals surface area contributed by atoms with Gasteiger partial charge in [0.05, 0.1) is 12.6 Å². The van der Waals surface area contributed by atoms with E-state index in [-0.39, 0.29) is 29.8 Å². The van der Waals surface area contributed by atoms with E-state index in [1.807, 2.05) is 27.7 Å².